The maximum absolute atomic E-state index is 7.53. The van der Waals surface area contributed by atoms with E-state index in [1.807, 2.05) is 0 Å². The van der Waals surface area contributed by atoms with Crippen molar-refractivity contribution in [1.29, 1.82) is 0 Å². The van der Waals surface area contributed by atoms with Gasteiger partial charge < -0.3 is 9.47 Å². The third-order valence-corrected chi connectivity index (χ3v) is 14.9. The summed E-state index contributed by atoms with van der Waals surface area (Å²) in [5.74, 6) is 1.59. The SMILES string of the molecule is CCCC[C@@H]1Cc2cccc(P(c3ccccc3)c3ccccc3)c2O[C@]12CCc1cccc(P(c3ccccc3)c3ccccc3)c1O2. The predicted octanol–water partition coefficient (Wildman–Crippen LogP) is 8.67. The van der Waals surface area contributed by atoms with Crippen LogP contribution in [0.5, 0.6) is 11.5 Å². The van der Waals surface area contributed by atoms with Crippen LogP contribution in [0, 0.1) is 5.92 Å². The van der Waals surface area contributed by atoms with Crippen LogP contribution in [0.15, 0.2) is 158 Å². The molecular formula is C45H42O2P2. The van der Waals surface area contributed by atoms with Crippen molar-refractivity contribution in [2.75, 3.05) is 0 Å². The van der Waals surface area contributed by atoms with Crippen LogP contribution in [0.3, 0.4) is 0 Å². The maximum Gasteiger partial charge on any atom is 0.254 e. The van der Waals surface area contributed by atoms with E-state index in [1.165, 1.54) is 43.0 Å². The zero-order valence-corrected chi connectivity index (χ0v) is 29.8. The third-order valence-electron chi connectivity index (χ3n) is 9.98. The molecule has 0 amide bonds. The van der Waals surface area contributed by atoms with Gasteiger partial charge in [0, 0.05) is 22.9 Å². The molecule has 0 fully saturated rings. The van der Waals surface area contributed by atoms with Crippen molar-refractivity contribution in [2.45, 2.75) is 51.2 Å². The Bertz CT molecular complexity index is 1920. The second-order valence-electron chi connectivity index (χ2n) is 13.1. The zero-order chi connectivity index (χ0) is 33.0. The van der Waals surface area contributed by atoms with Gasteiger partial charge in [-0.3, -0.25) is 0 Å². The second kappa shape index (κ2) is 14.3. The molecule has 0 bridgehead atoms. The third kappa shape index (κ3) is 6.34. The lowest BCUT2D eigenvalue weighted by Gasteiger charge is -2.48. The van der Waals surface area contributed by atoms with Gasteiger partial charge in [-0.15, -0.1) is 0 Å². The molecule has 2 aliphatic heterocycles. The number of unbranched alkanes of at least 4 members (excludes halogenated alkanes) is 1. The fourth-order valence-corrected chi connectivity index (χ4v) is 12.4. The largest absolute Gasteiger partial charge is 0.451 e. The van der Waals surface area contributed by atoms with E-state index in [0.717, 1.165) is 50.0 Å². The summed E-state index contributed by atoms with van der Waals surface area (Å²) < 4.78 is 15.1. The molecule has 1 spiro atoms. The van der Waals surface area contributed by atoms with E-state index in [9.17, 15) is 0 Å². The fourth-order valence-electron chi connectivity index (χ4n) is 7.59. The Kier molecular flexibility index (Phi) is 9.36. The number of para-hydroxylation sites is 2. The molecule has 6 aromatic rings. The zero-order valence-electron chi connectivity index (χ0n) is 28.0. The van der Waals surface area contributed by atoms with Crippen molar-refractivity contribution in [2.24, 2.45) is 5.92 Å². The first-order valence-electron chi connectivity index (χ1n) is 17.7. The molecule has 0 N–H and O–H groups in total. The summed E-state index contributed by atoms with van der Waals surface area (Å²) in [4.78, 5) is 0. The molecular weight excluding hydrogens is 634 g/mol. The fraction of sp³-hybridized carbons (Fsp3) is 0.200. The second-order valence-corrected chi connectivity index (χ2v) is 17.5. The summed E-state index contributed by atoms with van der Waals surface area (Å²) in [7, 11) is -1.66. The molecule has 2 aliphatic rings. The van der Waals surface area contributed by atoms with E-state index in [0.29, 0.717) is 0 Å². The van der Waals surface area contributed by atoms with Crippen LogP contribution < -0.4 is 41.3 Å². The van der Waals surface area contributed by atoms with Crippen molar-refractivity contribution in [3.8, 4) is 11.5 Å². The number of aryl methyl sites for hydroxylation is 1. The van der Waals surface area contributed by atoms with Gasteiger partial charge in [-0.2, -0.15) is 0 Å². The number of fused-ring (bicyclic) bond motifs is 2. The summed E-state index contributed by atoms with van der Waals surface area (Å²) in [6.45, 7) is 2.29. The van der Waals surface area contributed by atoms with Crippen molar-refractivity contribution >= 4 is 47.7 Å². The Morgan fingerprint density at radius 1 is 0.531 bits per heavy atom. The molecule has 8 rings (SSSR count). The standard InChI is InChI=1S/C45H42O2P2/c1-2-3-20-36-33-35-19-17-30-42(49(39-25-12-6-13-26-39)40-27-14-7-15-28-40)44(35)47-45(36)32-31-34-18-16-29-41(43(34)46-45)48(37-21-8-4-9-22-37)38-23-10-5-11-24-38/h4-19,21-30,36H,2-3,20,31-33H2,1H3/t36-,45-/m1/s1. The highest BCUT2D eigenvalue weighted by Crippen LogP contribution is 2.50. The van der Waals surface area contributed by atoms with Crippen LogP contribution in [-0.2, 0) is 12.8 Å². The summed E-state index contributed by atoms with van der Waals surface area (Å²) in [6, 6.07) is 57.5. The van der Waals surface area contributed by atoms with Gasteiger partial charge in [0.15, 0.2) is 0 Å². The molecule has 2 atom stereocenters. The quantitative estimate of drug-likeness (QED) is 0.143. The molecule has 0 aromatic heterocycles. The van der Waals surface area contributed by atoms with Gasteiger partial charge >= 0.3 is 0 Å². The summed E-state index contributed by atoms with van der Waals surface area (Å²) in [6.07, 6.45) is 6.12. The average molecular weight is 677 g/mol. The monoisotopic (exact) mass is 676 g/mol. The summed E-state index contributed by atoms with van der Waals surface area (Å²) in [5.41, 5.74) is 2.59. The normalized spacial score (nSPS) is 18.1. The number of ether oxygens (including phenoxy) is 2. The maximum atomic E-state index is 7.53. The number of hydrogen-bond acceptors (Lipinski definition) is 2. The van der Waals surface area contributed by atoms with Crippen LogP contribution in [0.2, 0.25) is 0 Å². The first-order chi connectivity index (χ1) is 24.2. The molecule has 4 heteroatoms. The molecule has 0 radical (unpaired) electrons. The van der Waals surface area contributed by atoms with Crippen molar-refractivity contribution in [3.63, 3.8) is 0 Å². The number of rotatable bonds is 9. The molecule has 0 unspecified atom stereocenters. The predicted molar refractivity (Wildman–Crippen MR) is 209 cm³/mol. The highest BCUT2D eigenvalue weighted by Gasteiger charge is 2.50. The first-order valence-corrected chi connectivity index (χ1v) is 20.3. The smallest absolute Gasteiger partial charge is 0.254 e. The van der Waals surface area contributed by atoms with E-state index < -0.39 is 21.6 Å². The molecule has 0 aliphatic carbocycles. The van der Waals surface area contributed by atoms with Crippen LogP contribution in [-0.4, -0.2) is 5.79 Å². The Hall–Kier alpha value is -4.22. The highest BCUT2D eigenvalue weighted by molar-refractivity contribution is 7.80. The first kappa shape index (κ1) is 32.0. The Labute approximate surface area is 293 Å². The lowest BCUT2D eigenvalue weighted by atomic mass is 9.80. The lowest BCUT2D eigenvalue weighted by molar-refractivity contribution is -0.177. The van der Waals surface area contributed by atoms with Gasteiger partial charge in [0.25, 0.3) is 5.79 Å². The van der Waals surface area contributed by atoms with Crippen LogP contribution >= 0.6 is 15.8 Å². The van der Waals surface area contributed by atoms with Crippen molar-refractivity contribution in [1.82, 2.24) is 0 Å². The molecule has 2 nitrogen and oxygen atoms in total. The molecule has 244 valence electrons. The van der Waals surface area contributed by atoms with Gasteiger partial charge in [-0.25, -0.2) is 0 Å². The molecule has 6 aromatic carbocycles. The lowest BCUT2D eigenvalue weighted by Crippen LogP contribution is -2.56. The van der Waals surface area contributed by atoms with Crippen LogP contribution in [0.1, 0.15) is 43.7 Å². The average Bonchev–Trinajstić information content (AvgIpc) is 3.16. The minimum atomic E-state index is -0.831. The van der Waals surface area contributed by atoms with E-state index in [1.54, 1.807) is 0 Å². The van der Waals surface area contributed by atoms with Crippen LogP contribution in [0.4, 0.5) is 0 Å². The van der Waals surface area contributed by atoms with Gasteiger partial charge in [-0.1, -0.05) is 177 Å². The Balaban J connectivity index is 1.26. The van der Waals surface area contributed by atoms with Crippen molar-refractivity contribution in [3.05, 3.63) is 169 Å². The number of hydrogen-bond donors (Lipinski definition) is 0. The minimum Gasteiger partial charge on any atom is -0.451 e. The van der Waals surface area contributed by atoms with E-state index in [4.69, 9.17) is 9.47 Å². The van der Waals surface area contributed by atoms with Gasteiger partial charge in [0.05, 0.1) is 0 Å². The van der Waals surface area contributed by atoms with Crippen molar-refractivity contribution < 1.29 is 9.47 Å². The summed E-state index contributed by atoms with van der Waals surface area (Å²) in [5, 5.41) is 7.87. The van der Waals surface area contributed by atoms with Gasteiger partial charge in [0.2, 0.25) is 0 Å². The Morgan fingerprint density at radius 2 is 0.959 bits per heavy atom. The molecule has 0 saturated carbocycles. The summed E-state index contributed by atoms with van der Waals surface area (Å²) >= 11 is 0. The molecule has 2 heterocycles. The number of benzene rings is 6. The molecule has 0 saturated heterocycles. The van der Waals surface area contributed by atoms with Gasteiger partial charge in [0.1, 0.15) is 11.5 Å². The van der Waals surface area contributed by atoms with E-state index in [-0.39, 0.29) is 5.92 Å². The topological polar surface area (TPSA) is 18.5 Å². The van der Waals surface area contributed by atoms with E-state index in [2.05, 4.69) is 165 Å². The minimum absolute atomic E-state index is 0.260. The highest BCUT2D eigenvalue weighted by atomic mass is 31.1. The molecule has 49 heavy (non-hydrogen) atoms. The van der Waals surface area contributed by atoms with Crippen LogP contribution in [0.25, 0.3) is 0 Å². The van der Waals surface area contributed by atoms with Gasteiger partial charge in [-0.05, 0) is 67.5 Å². The van der Waals surface area contributed by atoms with E-state index >= 15 is 0 Å². The Morgan fingerprint density at radius 3 is 1.41 bits per heavy atom.